The number of benzene rings is 1. The van der Waals surface area contributed by atoms with E-state index in [0.29, 0.717) is 6.54 Å². The van der Waals surface area contributed by atoms with Gasteiger partial charge < -0.3 is 24.0 Å². The molecule has 3 heteroatoms. The van der Waals surface area contributed by atoms with E-state index in [1.807, 2.05) is 66.3 Å². The number of carbonyl (C=O) groups excluding carboxylic acids is 1. The standard InChI is InChI=1S/C14H14NO.HI/c1-12-5-7-13(8-6-12)14(16)11-15-9-3-2-4-10-15;/h2-10H,11H2,1H3;1H/q+1;/p-1. The van der Waals surface area contributed by atoms with E-state index in [-0.39, 0.29) is 29.8 Å². The number of aryl methyl sites for hydroxylation is 1. The van der Waals surface area contributed by atoms with E-state index in [0.717, 1.165) is 5.56 Å². The number of nitrogens with zero attached hydrogens (tertiary/aromatic N) is 1. The van der Waals surface area contributed by atoms with Crippen molar-refractivity contribution >= 4 is 5.78 Å². The number of hydrogen-bond acceptors (Lipinski definition) is 1. The minimum atomic E-state index is 0. The summed E-state index contributed by atoms with van der Waals surface area (Å²) in [7, 11) is 0. The lowest BCUT2D eigenvalue weighted by Crippen LogP contribution is -3.00. The summed E-state index contributed by atoms with van der Waals surface area (Å²) in [5, 5.41) is 0. The van der Waals surface area contributed by atoms with Crippen LogP contribution in [0.1, 0.15) is 15.9 Å². The lowest BCUT2D eigenvalue weighted by atomic mass is 10.1. The Labute approximate surface area is 118 Å². The van der Waals surface area contributed by atoms with Crippen molar-refractivity contribution in [3.8, 4) is 0 Å². The molecule has 0 saturated carbocycles. The van der Waals surface area contributed by atoms with E-state index >= 15 is 0 Å². The van der Waals surface area contributed by atoms with Gasteiger partial charge in [-0.15, -0.1) is 0 Å². The van der Waals surface area contributed by atoms with Crippen molar-refractivity contribution in [1.29, 1.82) is 0 Å². The van der Waals surface area contributed by atoms with Crippen molar-refractivity contribution in [2.75, 3.05) is 0 Å². The van der Waals surface area contributed by atoms with Crippen LogP contribution in [0.2, 0.25) is 0 Å². The molecule has 0 radical (unpaired) electrons. The Hall–Kier alpha value is -1.23. The number of hydrogen-bond donors (Lipinski definition) is 0. The number of pyridine rings is 1. The third-order valence-electron chi connectivity index (χ3n) is 2.48. The maximum absolute atomic E-state index is 11.9. The van der Waals surface area contributed by atoms with Crippen molar-refractivity contribution in [1.82, 2.24) is 0 Å². The van der Waals surface area contributed by atoms with Gasteiger partial charge in [0.05, 0.1) is 0 Å². The van der Waals surface area contributed by atoms with Gasteiger partial charge in [0.1, 0.15) is 0 Å². The highest BCUT2D eigenvalue weighted by Gasteiger charge is 2.10. The summed E-state index contributed by atoms with van der Waals surface area (Å²) in [6.45, 7) is 2.41. The maximum Gasteiger partial charge on any atom is 0.227 e. The van der Waals surface area contributed by atoms with Gasteiger partial charge in [-0.25, -0.2) is 0 Å². The molecule has 0 aliphatic rings. The van der Waals surface area contributed by atoms with Gasteiger partial charge in [0.15, 0.2) is 12.4 Å². The molecule has 0 aliphatic carbocycles. The molecule has 0 amide bonds. The summed E-state index contributed by atoms with van der Waals surface area (Å²) in [5.41, 5.74) is 1.94. The highest BCUT2D eigenvalue weighted by atomic mass is 127. The number of Topliss-reactive ketones (excluding diaryl/α,β-unsaturated/α-hetero) is 1. The Bertz CT molecular complexity index is 479. The molecule has 1 heterocycles. The Morgan fingerprint density at radius 1 is 1.06 bits per heavy atom. The minimum Gasteiger partial charge on any atom is -1.00 e. The predicted molar refractivity (Wildman–Crippen MR) is 62.1 cm³/mol. The van der Waals surface area contributed by atoms with Crippen molar-refractivity contribution in [3.05, 3.63) is 66.0 Å². The second-order valence-electron chi connectivity index (χ2n) is 3.84. The molecule has 1 aromatic heterocycles. The van der Waals surface area contributed by atoms with Crippen LogP contribution in [-0.2, 0) is 6.54 Å². The van der Waals surface area contributed by atoms with E-state index < -0.39 is 0 Å². The summed E-state index contributed by atoms with van der Waals surface area (Å²) >= 11 is 0. The molecule has 0 atom stereocenters. The quantitative estimate of drug-likeness (QED) is 0.406. The number of carbonyl (C=O) groups is 1. The summed E-state index contributed by atoms with van der Waals surface area (Å²) in [6, 6.07) is 13.5. The van der Waals surface area contributed by atoms with Crippen molar-refractivity contribution in [3.63, 3.8) is 0 Å². The molecule has 2 aromatic rings. The zero-order valence-electron chi connectivity index (χ0n) is 9.64. The number of halogens is 1. The fraction of sp³-hybridized carbons (Fsp3) is 0.143. The van der Waals surface area contributed by atoms with Gasteiger partial charge in [-0.05, 0) is 6.92 Å². The molecule has 0 unspecified atom stereocenters. The van der Waals surface area contributed by atoms with Crippen molar-refractivity contribution in [2.45, 2.75) is 13.5 Å². The number of aromatic nitrogens is 1. The zero-order chi connectivity index (χ0) is 11.4. The van der Waals surface area contributed by atoms with Crippen LogP contribution >= 0.6 is 0 Å². The highest BCUT2D eigenvalue weighted by Crippen LogP contribution is 2.03. The van der Waals surface area contributed by atoms with Crippen LogP contribution in [0.15, 0.2) is 54.9 Å². The summed E-state index contributed by atoms with van der Waals surface area (Å²) in [5.74, 6) is 0.135. The molecule has 0 saturated heterocycles. The fourth-order valence-electron chi connectivity index (χ4n) is 1.54. The smallest absolute Gasteiger partial charge is 0.227 e. The van der Waals surface area contributed by atoms with Crippen molar-refractivity contribution in [2.24, 2.45) is 0 Å². The molecule has 17 heavy (non-hydrogen) atoms. The average molecular weight is 339 g/mol. The van der Waals surface area contributed by atoms with Crippen LogP contribution in [0.3, 0.4) is 0 Å². The first-order valence-corrected chi connectivity index (χ1v) is 5.30. The van der Waals surface area contributed by atoms with E-state index in [1.54, 1.807) is 0 Å². The summed E-state index contributed by atoms with van der Waals surface area (Å²) in [6.07, 6.45) is 3.79. The Balaban J connectivity index is 0.00000144. The lowest BCUT2D eigenvalue weighted by molar-refractivity contribution is -0.683. The van der Waals surface area contributed by atoms with E-state index in [2.05, 4.69) is 0 Å². The predicted octanol–water partition coefficient (Wildman–Crippen LogP) is -0.831. The monoisotopic (exact) mass is 339 g/mol. The molecule has 0 aliphatic heterocycles. The molecule has 2 rings (SSSR count). The SMILES string of the molecule is Cc1ccc(C(=O)C[n+]2ccccc2)cc1.[I-]. The van der Waals surface area contributed by atoms with Gasteiger partial charge in [-0.1, -0.05) is 35.9 Å². The van der Waals surface area contributed by atoms with Crippen LogP contribution in [0.25, 0.3) is 0 Å². The fourth-order valence-corrected chi connectivity index (χ4v) is 1.54. The van der Waals surface area contributed by atoms with Gasteiger partial charge in [0.25, 0.3) is 0 Å². The Morgan fingerprint density at radius 3 is 2.24 bits per heavy atom. The molecular weight excluding hydrogens is 325 g/mol. The first-order chi connectivity index (χ1) is 7.75. The zero-order valence-corrected chi connectivity index (χ0v) is 11.8. The second kappa shape index (κ2) is 6.49. The maximum atomic E-state index is 11.9. The van der Waals surface area contributed by atoms with Crippen LogP contribution in [0, 0.1) is 6.92 Å². The third-order valence-corrected chi connectivity index (χ3v) is 2.48. The van der Waals surface area contributed by atoms with Gasteiger partial charge >= 0.3 is 0 Å². The first-order valence-electron chi connectivity index (χ1n) is 5.30. The topological polar surface area (TPSA) is 20.9 Å². The normalized spacial score (nSPS) is 9.47. The van der Waals surface area contributed by atoms with Gasteiger partial charge in [0, 0.05) is 17.7 Å². The largest absolute Gasteiger partial charge is 1.00 e. The second-order valence-corrected chi connectivity index (χ2v) is 3.84. The average Bonchev–Trinajstić information content (AvgIpc) is 2.31. The van der Waals surface area contributed by atoms with Crippen LogP contribution in [0.4, 0.5) is 0 Å². The summed E-state index contributed by atoms with van der Waals surface area (Å²) in [4.78, 5) is 11.9. The molecule has 0 fully saturated rings. The van der Waals surface area contributed by atoms with Gasteiger partial charge in [0.2, 0.25) is 12.3 Å². The Kier molecular flexibility index (Phi) is 5.28. The summed E-state index contributed by atoms with van der Waals surface area (Å²) < 4.78 is 1.88. The van der Waals surface area contributed by atoms with Crippen molar-refractivity contribution < 1.29 is 33.3 Å². The van der Waals surface area contributed by atoms with Crippen LogP contribution in [0.5, 0.6) is 0 Å². The Morgan fingerprint density at radius 2 is 1.65 bits per heavy atom. The molecule has 0 bridgehead atoms. The van der Waals surface area contributed by atoms with Crippen LogP contribution < -0.4 is 28.5 Å². The molecule has 1 aromatic carbocycles. The molecule has 88 valence electrons. The van der Waals surface area contributed by atoms with E-state index in [4.69, 9.17) is 0 Å². The van der Waals surface area contributed by atoms with E-state index in [1.165, 1.54) is 5.56 Å². The molecule has 2 nitrogen and oxygen atoms in total. The molecular formula is C14H14INO. The van der Waals surface area contributed by atoms with Crippen LogP contribution in [-0.4, -0.2) is 5.78 Å². The van der Waals surface area contributed by atoms with E-state index in [9.17, 15) is 4.79 Å². The highest BCUT2D eigenvalue weighted by molar-refractivity contribution is 5.95. The first kappa shape index (κ1) is 13.8. The minimum absolute atomic E-state index is 0. The number of rotatable bonds is 3. The third kappa shape index (κ3) is 3.93. The van der Waals surface area contributed by atoms with Gasteiger partial charge in [-0.2, -0.15) is 4.57 Å². The molecule has 0 N–H and O–H groups in total. The van der Waals surface area contributed by atoms with Gasteiger partial charge in [-0.3, -0.25) is 4.79 Å². The molecule has 0 spiro atoms. The number of ketones is 1. The lowest BCUT2D eigenvalue weighted by Gasteiger charge is -1.98.